The summed E-state index contributed by atoms with van der Waals surface area (Å²) in [5.41, 5.74) is 0. The van der Waals surface area contributed by atoms with E-state index >= 15 is 0 Å². The highest BCUT2D eigenvalue weighted by molar-refractivity contribution is 7.65. The summed E-state index contributed by atoms with van der Waals surface area (Å²) in [6, 6.07) is 0. The molecule has 0 amide bonds. The van der Waals surface area contributed by atoms with E-state index < -0.39 is 0 Å². The lowest BCUT2D eigenvalue weighted by Gasteiger charge is -2.12. The zero-order valence-corrected chi connectivity index (χ0v) is 7.74. The summed E-state index contributed by atoms with van der Waals surface area (Å²) in [6.07, 6.45) is 5.03. The van der Waals surface area contributed by atoms with E-state index in [0.29, 0.717) is 11.7 Å². The first-order valence-corrected chi connectivity index (χ1v) is 5.31. The van der Waals surface area contributed by atoms with Crippen LogP contribution in [0.25, 0.3) is 0 Å². The summed E-state index contributed by atoms with van der Waals surface area (Å²) < 4.78 is 10.0. The van der Waals surface area contributed by atoms with E-state index in [1.54, 1.807) is 0 Å². The van der Waals surface area contributed by atoms with Gasteiger partial charge in [0, 0.05) is 10.6 Å². The first kappa shape index (κ1) is 9.07. The Labute approximate surface area is 72.5 Å². The van der Waals surface area contributed by atoms with E-state index in [1.165, 1.54) is 38.9 Å². The van der Waals surface area contributed by atoms with Crippen molar-refractivity contribution in [2.75, 3.05) is 25.4 Å². The summed E-state index contributed by atoms with van der Waals surface area (Å²) in [4.78, 5) is 2.50. The third-order valence-electron chi connectivity index (χ3n) is 2.15. The Bertz CT molecular complexity index is 113. The summed E-state index contributed by atoms with van der Waals surface area (Å²) in [6.45, 7) is 3.77. The van der Waals surface area contributed by atoms with Crippen molar-refractivity contribution in [2.24, 2.45) is 0 Å². The Morgan fingerprint density at radius 2 is 1.91 bits per heavy atom. The van der Waals surface area contributed by atoms with Crippen LogP contribution in [0.3, 0.4) is 0 Å². The molecule has 0 saturated carbocycles. The van der Waals surface area contributed by atoms with Gasteiger partial charge in [-0.25, -0.2) is 0 Å². The van der Waals surface area contributed by atoms with Crippen molar-refractivity contribution in [2.45, 2.75) is 25.7 Å². The van der Waals surface area contributed by atoms with Crippen molar-refractivity contribution in [1.82, 2.24) is 4.90 Å². The Morgan fingerprint density at radius 3 is 2.55 bits per heavy atom. The van der Waals surface area contributed by atoms with Crippen LogP contribution in [0, 0.1) is 0 Å². The molecule has 1 rings (SSSR count). The SMILES string of the molecule is O=[S+]CCCCN1CCCC1. The van der Waals surface area contributed by atoms with Gasteiger partial charge >= 0.3 is 11.7 Å². The van der Waals surface area contributed by atoms with E-state index in [4.69, 9.17) is 0 Å². The molecule has 11 heavy (non-hydrogen) atoms. The maximum Gasteiger partial charge on any atom is 0.458 e. The molecule has 1 aliphatic heterocycles. The van der Waals surface area contributed by atoms with Gasteiger partial charge in [0.2, 0.25) is 5.75 Å². The van der Waals surface area contributed by atoms with Crippen LogP contribution in [0.2, 0.25) is 0 Å². The maximum atomic E-state index is 10.0. The molecule has 1 heterocycles. The molecule has 3 heteroatoms. The molecule has 0 aromatic rings. The van der Waals surface area contributed by atoms with Crippen molar-refractivity contribution >= 4 is 11.7 Å². The predicted octanol–water partition coefficient (Wildman–Crippen LogP) is 1.29. The average molecular weight is 174 g/mol. The Balaban J connectivity index is 1.89. The molecule has 1 saturated heterocycles. The highest BCUT2D eigenvalue weighted by atomic mass is 32.1. The Hall–Kier alpha value is -0.0200. The highest BCUT2D eigenvalue weighted by Crippen LogP contribution is 2.07. The molecular formula is C8H16NOS+. The first-order valence-electron chi connectivity index (χ1n) is 4.40. The van der Waals surface area contributed by atoms with E-state index in [-0.39, 0.29) is 0 Å². The van der Waals surface area contributed by atoms with E-state index in [1.807, 2.05) is 0 Å². The molecule has 0 aliphatic carbocycles. The molecule has 64 valence electrons. The van der Waals surface area contributed by atoms with Crippen LogP contribution in [0.1, 0.15) is 25.7 Å². The lowest BCUT2D eigenvalue weighted by Crippen LogP contribution is -2.20. The van der Waals surface area contributed by atoms with Crippen LogP contribution >= 0.6 is 0 Å². The standard InChI is InChI=1S/C8H16NOS/c10-11-8-4-3-7-9-5-1-2-6-9/h1-8H2/q+1. The lowest BCUT2D eigenvalue weighted by atomic mass is 10.3. The van der Waals surface area contributed by atoms with Crippen LogP contribution < -0.4 is 0 Å². The van der Waals surface area contributed by atoms with Crippen molar-refractivity contribution in [3.63, 3.8) is 0 Å². The van der Waals surface area contributed by atoms with Gasteiger partial charge in [0.05, 0.1) is 0 Å². The van der Waals surface area contributed by atoms with Crippen LogP contribution in [0.5, 0.6) is 0 Å². The second kappa shape index (κ2) is 5.61. The fourth-order valence-corrected chi connectivity index (χ4v) is 1.82. The van der Waals surface area contributed by atoms with Gasteiger partial charge in [-0.15, -0.1) is 0 Å². The third kappa shape index (κ3) is 3.77. The largest absolute Gasteiger partial charge is 0.458 e. The zero-order chi connectivity index (χ0) is 7.94. The molecule has 0 spiro atoms. The molecule has 2 nitrogen and oxygen atoms in total. The minimum absolute atomic E-state index is 0.716. The van der Waals surface area contributed by atoms with Crippen molar-refractivity contribution < 1.29 is 4.21 Å². The minimum Gasteiger partial charge on any atom is -0.303 e. The molecule has 0 radical (unpaired) electrons. The number of unbranched alkanes of at least 4 members (excludes halogenated alkanes) is 1. The number of nitrogens with zero attached hydrogens (tertiary/aromatic N) is 1. The topological polar surface area (TPSA) is 20.3 Å². The van der Waals surface area contributed by atoms with Crippen LogP contribution in [0.4, 0.5) is 0 Å². The zero-order valence-electron chi connectivity index (χ0n) is 6.92. The van der Waals surface area contributed by atoms with Crippen LogP contribution in [0.15, 0.2) is 0 Å². The van der Waals surface area contributed by atoms with E-state index in [9.17, 15) is 4.21 Å². The average Bonchev–Trinajstić information content (AvgIpc) is 2.50. The van der Waals surface area contributed by atoms with E-state index in [0.717, 1.165) is 12.2 Å². The normalized spacial score (nSPS) is 18.9. The summed E-state index contributed by atoms with van der Waals surface area (Å²) >= 11 is 0.716. The first-order chi connectivity index (χ1) is 5.43. The van der Waals surface area contributed by atoms with Gasteiger partial charge in [-0.2, -0.15) is 0 Å². The fourth-order valence-electron chi connectivity index (χ4n) is 1.50. The molecule has 1 fully saturated rings. The van der Waals surface area contributed by atoms with E-state index in [2.05, 4.69) is 4.90 Å². The second-order valence-electron chi connectivity index (χ2n) is 3.08. The van der Waals surface area contributed by atoms with Gasteiger partial charge in [-0.1, -0.05) is 0 Å². The monoisotopic (exact) mass is 174 g/mol. The predicted molar refractivity (Wildman–Crippen MR) is 47.8 cm³/mol. The maximum absolute atomic E-state index is 10.0. The van der Waals surface area contributed by atoms with Gasteiger partial charge in [-0.05, 0) is 38.9 Å². The van der Waals surface area contributed by atoms with Crippen LogP contribution in [-0.4, -0.2) is 30.3 Å². The molecule has 0 bridgehead atoms. The summed E-state index contributed by atoms with van der Waals surface area (Å²) in [5.74, 6) is 0.786. The number of rotatable bonds is 5. The number of hydrogen-bond acceptors (Lipinski definition) is 2. The van der Waals surface area contributed by atoms with Gasteiger partial charge in [0.1, 0.15) is 0 Å². The molecule has 0 N–H and O–H groups in total. The molecule has 0 atom stereocenters. The molecule has 0 aromatic heterocycles. The van der Waals surface area contributed by atoms with Gasteiger partial charge in [0.25, 0.3) is 0 Å². The number of hydrogen-bond donors (Lipinski definition) is 0. The molecule has 0 unspecified atom stereocenters. The molecule has 1 aliphatic rings. The second-order valence-corrected chi connectivity index (χ2v) is 3.72. The summed E-state index contributed by atoms with van der Waals surface area (Å²) in [7, 11) is 0. The molecule has 0 aromatic carbocycles. The van der Waals surface area contributed by atoms with Crippen molar-refractivity contribution in [3.05, 3.63) is 0 Å². The Morgan fingerprint density at radius 1 is 1.18 bits per heavy atom. The van der Waals surface area contributed by atoms with Gasteiger partial charge in [-0.3, -0.25) is 0 Å². The highest BCUT2D eigenvalue weighted by Gasteiger charge is 2.10. The van der Waals surface area contributed by atoms with Gasteiger partial charge < -0.3 is 4.90 Å². The summed E-state index contributed by atoms with van der Waals surface area (Å²) in [5, 5.41) is 0. The fraction of sp³-hybridized carbons (Fsp3) is 1.00. The number of likely N-dealkylation sites (tertiary alicyclic amines) is 1. The lowest BCUT2D eigenvalue weighted by molar-refractivity contribution is 0.333. The third-order valence-corrected chi connectivity index (χ3v) is 2.61. The van der Waals surface area contributed by atoms with Crippen LogP contribution in [-0.2, 0) is 15.9 Å². The molecular weight excluding hydrogens is 158 g/mol. The van der Waals surface area contributed by atoms with Crippen molar-refractivity contribution in [3.8, 4) is 0 Å². The minimum atomic E-state index is 0.716. The van der Waals surface area contributed by atoms with Crippen molar-refractivity contribution in [1.29, 1.82) is 0 Å². The smallest absolute Gasteiger partial charge is 0.303 e. The Kier molecular flexibility index (Phi) is 4.62. The van der Waals surface area contributed by atoms with Gasteiger partial charge in [0.15, 0.2) is 0 Å². The quantitative estimate of drug-likeness (QED) is 0.462.